The van der Waals surface area contributed by atoms with Gasteiger partial charge in [0.05, 0.1) is 9.26 Å². The van der Waals surface area contributed by atoms with Crippen LogP contribution in [0.4, 0.5) is 18.9 Å². The average molecular weight is 459 g/mol. The molecule has 10 heteroatoms. The van der Waals surface area contributed by atoms with Gasteiger partial charge in [0.25, 0.3) is 0 Å². The minimum absolute atomic E-state index is 0.155. The van der Waals surface area contributed by atoms with Crippen molar-refractivity contribution in [3.63, 3.8) is 0 Å². The Bertz CT molecular complexity index is 617. The number of hydrogen-bond donors (Lipinski definition) is 1. The van der Waals surface area contributed by atoms with Gasteiger partial charge < -0.3 is 4.74 Å². The summed E-state index contributed by atoms with van der Waals surface area (Å²) >= 11 is 4.92. The summed E-state index contributed by atoms with van der Waals surface area (Å²) in [6, 6.07) is 5.21. The summed E-state index contributed by atoms with van der Waals surface area (Å²) < 4.78 is 41.1. The number of ether oxygens (including phenoxy) is 1. The van der Waals surface area contributed by atoms with Crippen LogP contribution in [0.5, 0.6) is 5.75 Å². The van der Waals surface area contributed by atoms with Crippen molar-refractivity contribution >= 4 is 49.9 Å². The Labute approximate surface area is 133 Å². The highest BCUT2D eigenvalue weighted by Crippen LogP contribution is 2.34. The van der Waals surface area contributed by atoms with Crippen molar-refractivity contribution in [1.82, 2.24) is 0 Å². The molecule has 0 bridgehead atoms. The fourth-order valence-electron chi connectivity index (χ4n) is 1.03. The van der Waals surface area contributed by atoms with Gasteiger partial charge in [-0.05, 0) is 44.6 Å². The number of hydrazone groups is 1. The van der Waals surface area contributed by atoms with Gasteiger partial charge in [0, 0.05) is 10.5 Å². The van der Waals surface area contributed by atoms with Crippen LogP contribution in [-0.4, -0.2) is 12.1 Å². The van der Waals surface area contributed by atoms with Crippen LogP contribution in [0, 0.1) is 26.2 Å². The van der Waals surface area contributed by atoms with E-state index < -0.39 is 17.8 Å². The molecule has 0 fully saturated rings. The molecule has 0 spiro atoms. The molecule has 0 saturated heterocycles. The van der Waals surface area contributed by atoms with Gasteiger partial charge in [-0.1, -0.05) is 0 Å². The fraction of sp³-hybridized carbons (Fsp3) is 0.100. The normalized spacial score (nSPS) is 10.2. The van der Waals surface area contributed by atoms with Crippen LogP contribution in [-0.2, 0) is 0 Å². The first-order valence-electron chi connectivity index (χ1n) is 4.65. The monoisotopic (exact) mass is 458 g/mol. The highest BCUT2D eigenvalue weighted by atomic mass is 127. The summed E-state index contributed by atoms with van der Waals surface area (Å²) in [5, 5.41) is 20.5. The summed E-state index contributed by atoms with van der Waals surface area (Å²) in [5.41, 5.74) is 2.04. The molecule has 0 saturated carbocycles. The molecule has 0 aliphatic carbocycles. The van der Waals surface area contributed by atoms with E-state index in [0.717, 1.165) is 12.1 Å². The first-order chi connectivity index (χ1) is 9.26. The lowest BCUT2D eigenvalue weighted by atomic mass is 10.3. The van der Waals surface area contributed by atoms with E-state index in [0.29, 0.717) is 8.04 Å². The van der Waals surface area contributed by atoms with Crippen LogP contribution in [0.25, 0.3) is 0 Å². The molecular weight excluding hydrogens is 456 g/mol. The maximum atomic E-state index is 12.2. The van der Waals surface area contributed by atoms with Gasteiger partial charge >= 0.3 is 6.36 Å². The van der Waals surface area contributed by atoms with E-state index in [1.54, 1.807) is 0 Å². The average Bonchev–Trinajstić information content (AvgIpc) is 2.34. The molecule has 20 heavy (non-hydrogen) atoms. The molecular formula is C10H3BrF3IN4O. The molecule has 0 aliphatic heterocycles. The molecule has 0 heterocycles. The quantitative estimate of drug-likeness (QED) is 0.424. The van der Waals surface area contributed by atoms with E-state index in [2.05, 4.69) is 31.2 Å². The van der Waals surface area contributed by atoms with E-state index in [1.165, 1.54) is 12.1 Å². The number of nitriles is 2. The van der Waals surface area contributed by atoms with E-state index in [4.69, 9.17) is 10.5 Å². The number of benzene rings is 1. The van der Waals surface area contributed by atoms with Crippen molar-refractivity contribution in [1.29, 1.82) is 10.5 Å². The molecule has 104 valence electrons. The zero-order valence-corrected chi connectivity index (χ0v) is 13.0. The molecule has 0 aromatic heterocycles. The lowest BCUT2D eigenvalue weighted by molar-refractivity contribution is -0.274. The molecule has 0 atom stereocenters. The summed E-state index contributed by atoms with van der Waals surface area (Å²) in [6.07, 6.45) is -4.82. The van der Waals surface area contributed by atoms with Crippen molar-refractivity contribution in [3.8, 4) is 17.9 Å². The van der Waals surface area contributed by atoms with Crippen LogP contribution in [0.3, 0.4) is 0 Å². The van der Waals surface area contributed by atoms with Gasteiger partial charge in [0.15, 0.2) is 0 Å². The molecule has 0 unspecified atom stereocenters. The van der Waals surface area contributed by atoms with E-state index in [1.807, 2.05) is 22.6 Å². The third-order valence-electron chi connectivity index (χ3n) is 1.74. The van der Waals surface area contributed by atoms with Crippen molar-refractivity contribution in [3.05, 3.63) is 20.2 Å². The fourth-order valence-corrected chi connectivity index (χ4v) is 1.90. The number of halogens is 5. The van der Waals surface area contributed by atoms with Gasteiger partial charge in [0.2, 0.25) is 5.71 Å². The van der Waals surface area contributed by atoms with Gasteiger partial charge in [0.1, 0.15) is 17.9 Å². The van der Waals surface area contributed by atoms with Crippen molar-refractivity contribution in [2.45, 2.75) is 6.36 Å². The molecule has 1 N–H and O–H groups in total. The molecule has 0 aliphatic rings. The standard InChI is InChI=1S/C10H3BrF3IN4O/c11-7-1-6(20-10(12,13)14)2-8(9(7)15)19-18-5(3-16)4-17/h1-2,19H. The summed E-state index contributed by atoms with van der Waals surface area (Å²) in [6.45, 7) is 0. The second-order valence-corrected chi connectivity index (χ2v) is 5.04. The number of hydrogen-bond acceptors (Lipinski definition) is 5. The summed E-state index contributed by atoms with van der Waals surface area (Å²) in [5.74, 6) is -0.460. The third-order valence-corrected chi connectivity index (χ3v) is 4.26. The molecule has 1 rings (SSSR count). The van der Waals surface area contributed by atoms with E-state index >= 15 is 0 Å². The van der Waals surface area contributed by atoms with E-state index in [9.17, 15) is 13.2 Å². The van der Waals surface area contributed by atoms with Crippen LogP contribution >= 0.6 is 38.5 Å². The Morgan fingerprint density at radius 3 is 2.45 bits per heavy atom. The Morgan fingerprint density at radius 1 is 1.35 bits per heavy atom. The zero-order valence-electron chi connectivity index (χ0n) is 9.29. The third kappa shape index (κ3) is 4.86. The Morgan fingerprint density at radius 2 is 1.95 bits per heavy atom. The smallest absolute Gasteiger partial charge is 0.406 e. The number of nitrogens with one attached hydrogen (secondary N) is 1. The molecule has 0 radical (unpaired) electrons. The maximum absolute atomic E-state index is 12.2. The number of nitrogens with zero attached hydrogens (tertiary/aromatic N) is 3. The highest BCUT2D eigenvalue weighted by Gasteiger charge is 2.31. The Hall–Kier alpha value is -1.53. The zero-order chi connectivity index (χ0) is 15.3. The minimum atomic E-state index is -4.82. The van der Waals surface area contributed by atoms with Gasteiger partial charge in [-0.15, -0.1) is 13.2 Å². The molecule has 1 aromatic rings. The van der Waals surface area contributed by atoms with Crippen LogP contribution in [0.1, 0.15) is 0 Å². The molecule has 5 nitrogen and oxygen atoms in total. The number of anilines is 1. The summed E-state index contributed by atoms with van der Waals surface area (Å²) in [7, 11) is 0. The predicted octanol–water partition coefficient (Wildman–Crippen LogP) is 3.77. The van der Waals surface area contributed by atoms with Crippen molar-refractivity contribution in [2.24, 2.45) is 5.10 Å². The topological polar surface area (TPSA) is 81.2 Å². The van der Waals surface area contributed by atoms with E-state index in [-0.39, 0.29) is 5.69 Å². The summed E-state index contributed by atoms with van der Waals surface area (Å²) in [4.78, 5) is 0. The molecule has 0 amide bonds. The Balaban J connectivity index is 3.11. The molecule has 1 aromatic carbocycles. The first-order valence-corrected chi connectivity index (χ1v) is 6.52. The van der Waals surface area contributed by atoms with Gasteiger partial charge in [-0.3, -0.25) is 5.43 Å². The van der Waals surface area contributed by atoms with Gasteiger partial charge in [-0.25, -0.2) is 0 Å². The lowest BCUT2D eigenvalue weighted by Crippen LogP contribution is -2.17. The van der Waals surface area contributed by atoms with Crippen LogP contribution in [0.2, 0.25) is 0 Å². The highest BCUT2D eigenvalue weighted by molar-refractivity contribution is 14.1. The van der Waals surface area contributed by atoms with Crippen molar-refractivity contribution < 1.29 is 17.9 Å². The second kappa shape index (κ2) is 6.76. The van der Waals surface area contributed by atoms with Crippen LogP contribution < -0.4 is 10.2 Å². The maximum Gasteiger partial charge on any atom is 0.573 e. The SMILES string of the molecule is N#CC(C#N)=NNc1cc(OC(F)(F)F)cc(Br)c1I. The minimum Gasteiger partial charge on any atom is -0.406 e. The second-order valence-electron chi connectivity index (χ2n) is 3.11. The van der Waals surface area contributed by atoms with Crippen molar-refractivity contribution in [2.75, 3.05) is 5.43 Å². The largest absolute Gasteiger partial charge is 0.573 e. The first kappa shape index (κ1) is 16.5. The number of rotatable bonds is 3. The number of alkyl halides is 3. The van der Waals surface area contributed by atoms with Crippen LogP contribution in [0.15, 0.2) is 21.7 Å². The van der Waals surface area contributed by atoms with Gasteiger partial charge in [-0.2, -0.15) is 15.6 Å². The Kier molecular flexibility index (Phi) is 5.59. The predicted molar refractivity (Wildman–Crippen MR) is 75.8 cm³/mol. The lowest BCUT2D eigenvalue weighted by Gasteiger charge is -2.12.